The lowest BCUT2D eigenvalue weighted by molar-refractivity contribution is -0.115. The van der Waals surface area contributed by atoms with Crippen LogP contribution in [0.15, 0.2) is 53.9 Å². The number of hydrogen-bond donors (Lipinski definition) is 3. The number of nitrogens with zero attached hydrogens (tertiary/aromatic N) is 2. The van der Waals surface area contributed by atoms with Gasteiger partial charge in [-0.1, -0.05) is 18.2 Å². The van der Waals surface area contributed by atoms with Crippen LogP contribution in [-0.2, 0) is 11.2 Å². The summed E-state index contributed by atoms with van der Waals surface area (Å²) in [5.41, 5.74) is 8.30. The highest BCUT2D eigenvalue weighted by Gasteiger charge is 2.18. The Morgan fingerprint density at radius 2 is 1.73 bits per heavy atom. The zero-order valence-corrected chi connectivity index (χ0v) is 18.9. The zero-order chi connectivity index (χ0) is 23.2. The monoisotopic (exact) mass is 463 g/mol. The molecule has 33 heavy (non-hydrogen) atoms. The number of anilines is 3. The maximum atomic E-state index is 12.8. The molecule has 4 N–H and O–H groups in total. The van der Waals surface area contributed by atoms with E-state index in [0.29, 0.717) is 27.6 Å². The SMILES string of the molecule is NC(=O)c1ccc(N2CCCCC2)c(NC(=O)Cc2csc(NC(=O)c3ccccc3)n2)c1. The van der Waals surface area contributed by atoms with Gasteiger partial charge in [-0.05, 0) is 49.6 Å². The van der Waals surface area contributed by atoms with E-state index in [-0.39, 0.29) is 18.2 Å². The van der Waals surface area contributed by atoms with Crippen LogP contribution >= 0.6 is 11.3 Å². The molecule has 0 bridgehead atoms. The third kappa shape index (κ3) is 5.75. The fourth-order valence-electron chi connectivity index (χ4n) is 3.76. The van der Waals surface area contributed by atoms with Crippen LogP contribution in [0.1, 0.15) is 45.7 Å². The molecule has 9 heteroatoms. The van der Waals surface area contributed by atoms with Gasteiger partial charge in [0.15, 0.2) is 5.13 Å². The molecule has 3 aromatic rings. The second-order valence-corrected chi connectivity index (χ2v) is 8.69. The second kappa shape index (κ2) is 10.3. The van der Waals surface area contributed by atoms with Crippen LogP contribution in [0.25, 0.3) is 0 Å². The van der Waals surface area contributed by atoms with E-state index in [1.807, 2.05) is 12.1 Å². The molecule has 0 saturated carbocycles. The highest BCUT2D eigenvalue weighted by atomic mass is 32.1. The van der Waals surface area contributed by atoms with Crippen molar-refractivity contribution in [3.05, 3.63) is 70.7 Å². The number of primary amides is 1. The summed E-state index contributed by atoms with van der Waals surface area (Å²) >= 11 is 1.26. The quantitative estimate of drug-likeness (QED) is 0.494. The average Bonchev–Trinajstić information content (AvgIpc) is 3.26. The topological polar surface area (TPSA) is 117 Å². The first kappa shape index (κ1) is 22.5. The van der Waals surface area contributed by atoms with Crippen molar-refractivity contribution in [2.45, 2.75) is 25.7 Å². The normalized spacial score (nSPS) is 13.4. The van der Waals surface area contributed by atoms with E-state index < -0.39 is 5.91 Å². The number of nitrogens with two attached hydrogens (primary N) is 1. The van der Waals surface area contributed by atoms with Crippen LogP contribution in [0.2, 0.25) is 0 Å². The number of carbonyl (C=O) groups is 3. The van der Waals surface area contributed by atoms with Crippen LogP contribution in [0.3, 0.4) is 0 Å². The minimum Gasteiger partial charge on any atom is -0.370 e. The average molecular weight is 464 g/mol. The van der Waals surface area contributed by atoms with Gasteiger partial charge >= 0.3 is 0 Å². The number of hydrogen-bond acceptors (Lipinski definition) is 6. The molecule has 3 amide bonds. The number of benzene rings is 2. The lowest BCUT2D eigenvalue weighted by atomic mass is 10.1. The van der Waals surface area contributed by atoms with Gasteiger partial charge in [0.05, 0.1) is 23.5 Å². The highest BCUT2D eigenvalue weighted by Crippen LogP contribution is 2.30. The third-order valence-corrected chi connectivity index (χ3v) is 6.21. The Labute approximate surface area is 195 Å². The van der Waals surface area contributed by atoms with E-state index in [0.717, 1.165) is 31.6 Å². The lowest BCUT2D eigenvalue weighted by Gasteiger charge is -2.30. The molecule has 1 aromatic heterocycles. The zero-order valence-electron chi connectivity index (χ0n) is 18.0. The molecule has 0 atom stereocenters. The summed E-state index contributed by atoms with van der Waals surface area (Å²) in [7, 11) is 0. The van der Waals surface area contributed by atoms with Crippen molar-refractivity contribution in [3.8, 4) is 0 Å². The predicted molar refractivity (Wildman–Crippen MR) is 130 cm³/mol. The summed E-state index contributed by atoms with van der Waals surface area (Å²) in [6, 6.07) is 14.0. The van der Waals surface area contributed by atoms with Crippen molar-refractivity contribution >= 4 is 45.6 Å². The number of carbonyl (C=O) groups excluding carboxylic acids is 3. The molecule has 0 radical (unpaired) electrons. The maximum Gasteiger partial charge on any atom is 0.257 e. The number of rotatable bonds is 7. The second-order valence-electron chi connectivity index (χ2n) is 7.83. The van der Waals surface area contributed by atoms with Gasteiger partial charge in [-0.3, -0.25) is 19.7 Å². The van der Waals surface area contributed by atoms with Gasteiger partial charge in [-0.25, -0.2) is 4.98 Å². The standard InChI is InChI=1S/C24H25N5O3S/c25-22(31)17-9-10-20(29-11-5-2-6-12-29)19(13-17)27-21(30)14-18-15-33-24(26-18)28-23(32)16-7-3-1-4-8-16/h1,3-4,7-10,13,15H,2,5-6,11-12,14H2,(H2,25,31)(H,27,30)(H,26,28,32). The molecule has 0 unspecified atom stereocenters. The number of aromatic nitrogens is 1. The molecule has 1 aliphatic heterocycles. The van der Waals surface area contributed by atoms with Crippen molar-refractivity contribution in [2.75, 3.05) is 28.6 Å². The van der Waals surface area contributed by atoms with Crippen molar-refractivity contribution in [3.63, 3.8) is 0 Å². The summed E-state index contributed by atoms with van der Waals surface area (Å²) < 4.78 is 0. The summed E-state index contributed by atoms with van der Waals surface area (Å²) in [5, 5.41) is 7.84. The van der Waals surface area contributed by atoms with Gasteiger partial charge in [-0.15, -0.1) is 11.3 Å². The summed E-state index contributed by atoms with van der Waals surface area (Å²) in [5.74, 6) is -1.06. The number of piperidine rings is 1. The summed E-state index contributed by atoms with van der Waals surface area (Å²) in [6.45, 7) is 1.80. The van der Waals surface area contributed by atoms with E-state index in [9.17, 15) is 14.4 Å². The maximum absolute atomic E-state index is 12.8. The number of amides is 3. The fraction of sp³-hybridized carbons (Fsp3) is 0.250. The van der Waals surface area contributed by atoms with Gasteiger partial charge in [0, 0.05) is 29.6 Å². The molecule has 2 aromatic carbocycles. The van der Waals surface area contributed by atoms with E-state index in [1.54, 1.807) is 41.8 Å². The predicted octanol–water partition coefficient (Wildman–Crippen LogP) is 3.67. The van der Waals surface area contributed by atoms with E-state index >= 15 is 0 Å². The summed E-state index contributed by atoms with van der Waals surface area (Å²) in [4.78, 5) is 43.3. The van der Waals surface area contributed by atoms with Crippen molar-refractivity contribution in [2.24, 2.45) is 5.73 Å². The molecule has 1 aliphatic rings. The lowest BCUT2D eigenvalue weighted by Crippen LogP contribution is -2.30. The first-order valence-corrected chi connectivity index (χ1v) is 11.7. The Morgan fingerprint density at radius 3 is 2.45 bits per heavy atom. The molecule has 2 heterocycles. The van der Waals surface area contributed by atoms with Crippen LogP contribution < -0.4 is 21.3 Å². The van der Waals surface area contributed by atoms with Crippen LogP contribution in [-0.4, -0.2) is 35.8 Å². The van der Waals surface area contributed by atoms with E-state index in [2.05, 4.69) is 20.5 Å². The molecular formula is C24H25N5O3S. The highest BCUT2D eigenvalue weighted by molar-refractivity contribution is 7.14. The van der Waals surface area contributed by atoms with Crippen molar-refractivity contribution < 1.29 is 14.4 Å². The minimum atomic E-state index is -0.547. The smallest absolute Gasteiger partial charge is 0.257 e. The van der Waals surface area contributed by atoms with Gasteiger partial charge in [0.1, 0.15) is 0 Å². The molecule has 0 aliphatic carbocycles. The van der Waals surface area contributed by atoms with Gasteiger partial charge in [0.25, 0.3) is 5.91 Å². The first-order chi connectivity index (χ1) is 16.0. The Kier molecular flexibility index (Phi) is 6.99. The van der Waals surface area contributed by atoms with E-state index in [1.165, 1.54) is 17.8 Å². The fourth-order valence-corrected chi connectivity index (χ4v) is 4.47. The van der Waals surface area contributed by atoms with Crippen LogP contribution in [0.5, 0.6) is 0 Å². The van der Waals surface area contributed by atoms with Gasteiger partial charge < -0.3 is 16.0 Å². The molecule has 4 rings (SSSR count). The van der Waals surface area contributed by atoms with Gasteiger partial charge in [-0.2, -0.15) is 0 Å². The Balaban J connectivity index is 1.44. The van der Waals surface area contributed by atoms with Crippen molar-refractivity contribution in [1.29, 1.82) is 0 Å². The Hall–Kier alpha value is -3.72. The number of thiazole rings is 1. The molecular weight excluding hydrogens is 438 g/mol. The van der Waals surface area contributed by atoms with Crippen LogP contribution in [0, 0.1) is 0 Å². The molecule has 8 nitrogen and oxygen atoms in total. The van der Waals surface area contributed by atoms with Crippen LogP contribution in [0.4, 0.5) is 16.5 Å². The minimum absolute atomic E-state index is 0.0396. The Morgan fingerprint density at radius 1 is 0.970 bits per heavy atom. The van der Waals surface area contributed by atoms with Crippen molar-refractivity contribution in [1.82, 2.24) is 4.98 Å². The molecule has 1 saturated heterocycles. The number of nitrogens with one attached hydrogen (secondary N) is 2. The Bertz CT molecular complexity index is 1160. The van der Waals surface area contributed by atoms with Gasteiger partial charge in [0.2, 0.25) is 11.8 Å². The largest absolute Gasteiger partial charge is 0.370 e. The summed E-state index contributed by atoms with van der Waals surface area (Å²) in [6.07, 6.45) is 3.39. The molecule has 170 valence electrons. The molecule has 1 fully saturated rings. The van der Waals surface area contributed by atoms with E-state index in [4.69, 9.17) is 5.73 Å². The molecule has 0 spiro atoms. The first-order valence-electron chi connectivity index (χ1n) is 10.8. The third-order valence-electron chi connectivity index (χ3n) is 5.40.